The number of nitrogens with one attached hydrogen (secondary N) is 1. The highest BCUT2D eigenvalue weighted by Gasteiger charge is 2.40. The molecule has 4 rings (SSSR count). The van der Waals surface area contributed by atoms with Gasteiger partial charge in [-0.15, -0.1) is 0 Å². The highest BCUT2D eigenvalue weighted by Crippen LogP contribution is 2.35. The fourth-order valence-electron chi connectivity index (χ4n) is 3.58. The number of para-hydroxylation sites is 1. The summed E-state index contributed by atoms with van der Waals surface area (Å²) in [6, 6.07) is 22.7. The molecule has 1 heterocycles. The van der Waals surface area contributed by atoms with Crippen molar-refractivity contribution < 1.29 is 9.59 Å². The summed E-state index contributed by atoms with van der Waals surface area (Å²) in [4.78, 5) is 28.0. The van der Waals surface area contributed by atoms with Crippen molar-refractivity contribution in [1.29, 1.82) is 0 Å². The van der Waals surface area contributed by atoms with Gasteiger partial charge in [-0.3, -0.25) is 9.59 Å². The van der Waals surface area contributed by atoms with Gasteiger partial charge in [-0.25, -0.2) is 4.90 Å². The van der Waals surface area contributed by atoms with Gasteiger partial charge in [0.2, 0.25) is 0 Å². The zero-order valence-electron chi connectivity index (χ0n) is 16.7. The molecule has 0 saturated carbocycles. The summed E-state index contributed by atoms with van der Waals surface area (Å²) in [5.74, 6) is -0.665. The van der Waals surface area contributed by atoms with E-state index in [0.717, 1.165) is 27.9 Å². The van der Waals surface area contributed by atoms with E-state index in [-0.39, 0.29) is 11.8 Å². The maximum atomic E-state index is 13.4. The second-order valence-electron chi connectivity index (χ2n) is 7.34. The van der Waals surface area contributed by atoms with Gasteiger partial charge in [-0.05, 0) is 56.2 Å². The Morgan fingerprint density at radius 2 is 1.38 bits per heavy atom. The molecule has 4 heteroatoms. The van der Waals surface area contributed by atoms with Crippen LogP contribution in [0.4, 0.5) is 11.4 Å². The van der Waals surface area contributed by atoms with E-state index in [1.807, 2.05) is 81.4 Å². The van der Waals surface area contributed by atoms with Crippen LogP contribution >= 0.6 is 0 Å². The van der Waals surface area contributed by atoms with Crippen LogP contribution in [0.25, 0.3) is 5.57 Å². The molecule has 0 unspecified atom stereocenters. The van der Waals surface area contributed by atoms with Gasteiger partial charge in [-0.2, -0.15) is 0 Å². The van der Waals surface area contributed by atoms with E-state index >= 15 is 0 Å². The molecule has 0 spiro atoms. The maximum Gasteiger partial charge on any atom is 0.282 e. The van der Waals surface area contributed by atoms with E-state index in [4.69, 9.17) is 0 Å². The monoisotopic (exact) mass is 382 g/mol. The normalized spacial score (nSPS) is 14.0. The van der Waals surface area contributed by atoms with E-state index in [1.165, 1.54) is 4.90 Å². The van der Waals surface area contributed by atoms with Gasteiger partial charge in [0.1, 0.15) is 5.70 Å². The second-order valence-corrected chi connectivity index (χ2v) is 7.34. The van der Waals surface area contributed by atoms with Gasteiger partial charge >= 0.3 is 0 Å². The van der Waals surface area contributed by atoms with Crippen LogP contribution in [-0.2, 0) is 9.59 Å². The van der Waals surface area contributed by atoms with Crippen molar-refractivity contribution in [3.63, 3.8) is 0 Å². The first-order chi connectivity index (χ1) is 14.0. The number of nitrogens with zero attached hydrogens (tertiary/aromatic N) is 1. The van der Waals surface area contributed by atoms with E-state index < -0.39 is 0 Å². The van der Waals surface area contributed by atoms with Crippen LogP contribution in [0.5, 0.6) is 0 Å². The first kappa shape index (κ1) is 18.7. The van der Waals surface area contributed by atoms with Gasteiger partial charge in [0, 0.05) is 5.69 Å². The maximum absolute atomic E-state index is 13.4. The van der Waals surface area contributed by atoms with Gasteiger partial charge in [0.15, 0.2) is 0 Å². The molecule has 2 amide bonds. The van der Waals surface area contributed by atoms with Crippen LogP contribution < -0.4 is 10.2 Å². The molecule has 0 aliphatic carbocycles. The summed E-state index contributed by atoms with van der Waals surface area (Å²) in [5, 5.41) is 3.19. The number of rotatable bonds is 4. The Bertz CT molecular complexity index is 1130. The molecule has 1 aliphatic heterocycles. The largest absolute Gasteiger partial charge is 0.350 e. The SMILES string of the molecule is Cc1ccc(N2C(=O)C(Nc3ccccc3)=C(c3ccc(C)cc3C)C2=O)cc1. The number of amides is 2. The number of imide groups is 1. The minimum Gasteiger partial charge on any atom is -0.350 e. The molecule has 0 bridgehead atoms. The van der Waals surface area contributed by atoms with Crippen LogP contribution in [0.3, 0.4) is 0 Å². The Labute approximate surface area is 170 Å². The van der Waals surface area contributed by atoms with Crippen LogP contribution in [-0.4, -0.2) is 11.8 Å². The summed E-state index contributed by atoms with van der Waals surface area (Å²) in [6.07, 6.45) is 0. The zero-order valence-corrected chi connectivity index (χ0v) is 16.7. The standard InChI is InChI=1S/C25H22N2O2/c1-16-9-12-20(13-10-16)27-24(28)22(21-14-11-17(2)15-18(21)3)23(25(27)29)26-19-7-5-4-6-8-19/h4-15,26H,1-3H3. The van der Waals surface area contributed by atoms with Gasteiger partial charge in [0.05, 0.1) is 11.3 Å². The summed E-state index contributed by atoms with van der Waals surface area (Å²) in [7, 11) is 0. The lowest BCUT2D eigenvalue weighted by Gasteiger charge is -2.16. The third-order valence-corrected chi connectivity index (χ3v) is 5.07. The molecule has 1 aliphatic rings. The number of hydrogen-bond donors (Lipinski definition) is 1. The molecule has 29 heavy (non-hydrogen) atoms. The Kier molecular flexibility index (Phi) is 4.77. The molecule has 0 aromatic heterocycles. The fourth-order valence-corrected chi connectivity index (χ4v) is 3.58. The smallest absolute Gasteiger partial charge is 0.282 e. The number of hydrogen-bond acceptors (Lipinski definition) is 3. The quantitative estimate of drug-likeness (QED) is 0.646. The van der Waals surface area contributed by atoms with Crippen molar-refractivity contribution in [2.75, 3.05) is 10.2 Å². The van der Waals surface area contributed by atoms with E-state index in [9.17, 15) is 9.59 Å². The van der Waals surface area contributed by atoms with Crippen molar-refractivity contribution in [3.8, 4) is 0 Å². The molecular formula is C25H22N2O2. The van der Waals surface area contributed by atoms with Crippen molar-refractivity contribution in [3.05, 3.63) is 101 Å². The molecule has 0 fully saturated rings. The highest BCUT2D eigenvalue weighted by atomic mass is 16.2. The Hall–Kier alpha value is -3.66. The first-order valence-electron chi connectivity index (χ1n) is 9.55. The summed E-state index contributed by atoms with van der Waals surface area (Å²) in [5.41, 5.74) is 5.93. The van der Waals surface area contributed by atoms with Crippen molar-refractivity contribution in [1.82, 2.24) is 0 Å². The Morgan fingerprint density at radius 3 is 2.03 bits per heavy atom. The number of carbonyl (C=O) groups is 2. The summed E-state index contributed by atoms with van der Waals surface area (Å²) >= 11 is 0. The average Bonchev–Trinajstić information content (AvgIpc) is 2.94. The molecule has 3 aromatic rings. The van der Waals surface area contributed by atoms with Crippen LogP contribution in [0.1, 0.15) is 22.3 Å². The molecule has 0 atom stereocenters. The highest BCUT2D eigenvalue weighted by molar-refractivity contribution is 6.46. The summed E-state index contributed by atoms with van der Waals surface area (Å²) < 4.78 is 0. The zero-order chi connectivity index (χ0) is 20.5. The molecule has 0 saturated heterocycles. The van der Waals surface area contributed by atoms with Crippen molar-refractivity contribution in [2.24, 2.45) is 0 Å². The molecule has 3 aromatic carbocycles. The minimum atomic E-state index is -0.349. The lowest BCUT2D eigenvalue weighted by molar-refractivity contribution is -0.120. The Morgan fingerprint density at radius 1 is 0.724 bits per heavy atom. The lowest BCUT2D eigenvalue weighted by atomic mass is 9.97. The number of aryl methyl sites for hydroxylation is 3. The number of anilines is 2. The van der Waals surface area contributed by atoms with E-state index in [1.54, 1.807) is 12.1 Å². The predicted octanol–water partition coefficient (Wildman–Crippen LogP) is 5.01. The van der Waals surface area contributed by atoms with Crippen molar-refractivity contribution >= 4 is 28.8 Å². The second kappa shape index (κ2) is 7.40. The van der Waals surface area contributed by atoms with E-state index in [2.05, 4.69) is 5.32 Å². The molecule has 144 valence electrons. The van der Waals surface area contributed by atoms with Crippen LogP contribution in [0, 0.1) is 20.8 Å². The fraction of sp³-hybridized carbons (Fsp3) is 0.120. The molecular weight excluding hydrogens is 360 g/mol. The average molecular weight is 382 g/mol. The Balaban J connectivity index is 1.85. The lowest BCUT2D eigenvalue weighted by Crippen LogP contribution is -2.32. The number of carbonyl (C=O) groups excluding carboxylic acids is 2. The van der Waals surface area contributed by atoms with E-state index in [0.29, 0.717) is 17.0 Å². The third kappa shape index (κ3) is 3.45. The van der Waals surface area contributed by atoms with Crippen LogP contribution in [0.2, 0.25) is 0 Å². The predicted molar refractivity (Wildman–Crippen MR) is 117 cm³/mol. The topological polar surface area (TPSA) is 49.4 Å². The molecule has 0 radical (unpaired) electrons. The third-order valence-electron chi connectivity index (χ3n) is 5.07. The van der Waals surface area contributed by atoms with Gasteiger partial charge < -0.3 is 5.32 Å². The molecule has 4 nitrogen and oxygen atoms in total. The van der Waals surface area contributed by atoms with Gasteiger partial charge in [0.25, 0.3) is 11.8 Å². The minimum absolute atomic E-state index is 0.300. The van der Waals surface area contributed by atoms with Gasteiger partial charge in [-0.1, -0.05) is 59.7 Å². The summed E-state index contributed by atoms with van der Waals surface area (Å²) in [6.45, 7) is 5.94. The number of benzene rings is 3. The first-order valence-corrected chi connectivity index (χ1v) is 9.55. The van der Waals surface area contributed by atoms with Crippen molar-refractivity contribution in [2.45, 2.75) is 20.8 Å². The molecule has 1 N–H and O–H groups in total. The van der Waals surface area contributed by atoms with Crippen LogP contribution in [0.15, 0.2) is 78.5 Å².